The van der Waals surface area contributed by atoms with Gasteiger partial charge in [0.15, 0.2) is 5.78 Å². The highest BCUT2D eigenvalue weighted by Gasteiger charge is 2.28. The second kappa shape index (κ2) is 5.05. The summed E-state index contributed by atoms with van der Waals surface area (Å²) < 4.78 is 2.74. The van der Waals surface area contributed by atoms with Gasteiger partial charge in [-0.2, -0.15) is 0 Å². The zero-order valence-electron chi connectivity index (χ0n) is 10.2. The summed E-state index contributed by atoms with van der Waals surface area (Å²) in [4.78, 5) is 12.6. The summed E-state index contributed by atoms with van der Waals surface area (Å²) in [6.07, 6.45) is 2.25. The first-order valence-corrected chi connectivity index (χ1v) is 7.52. The van der Waals surface area contributed by atoms with Crippen LogP contribution in [0.15, 0.2) is 32.7 Å². The summed E-state index contributed by atoms with van der Waals surface area (Å²) in [5.41, 5.74) is 0.685. The van der Waals surface area contributed by atoms with E-state index in [1.165, 1.54) is 11.8 Å². The Morgan fingerprint density at radius 3 is 2.95 bits per heavy atom. The van der Waals surface area contributed by atoms with E-state index in [1.54, 1.807) is 6.92 Å². The molecule has 1 aromatic carbocycles. The van der Waals surface area contributed by atoms with Crippen molar-refractivity contribution in [2.45, 2.75) is 35.9 Å². The van der Waals surface area contributed by atoms with Crippen molar-refractivity contribution in [3.63, 3.8) is 0 Å². The Morgan fingerprint density at radius 1 is 1.47 bits per heavy atom. The van der Waals surface area contributed by atoms with Crippen molar-refractivity contribution in [3.8, 4) is 0 Å². The number of ketones is 1. The Bertz CT molecular complexity index is 638. The summed E-state index contributed by atoms with van der Waals surface area (Å²) in [6, 6.07) is 6.08. The second-order valence-electron chi connectivity index (χ2n) is 4.44. The van der Waals surface area contributed by atoms with Crippen molar-refractivity contribution in [2.24, 2.45) is 0 Å². The number of hydrogen-bond donors (Lipinski definition) is 0. The van der Waals surface area contributed by atoms with Crippen molar-refractivity contribution in [1.29, 1.82) is 0 Å². The molecule has 0 atom stereocenters. The fourth-order valence-electron chi connectivity index (χ4n) is 1.77. The molecule has 7 heteroatoms. The van der Waals surface area contributed by atoms with E-state index in [-0.39, 0.29) is 5.78 Å². The van der Waals surface area contributed by atoms with Crippen molar-refractivity contribution in [1.82, 2.24) is 20.2 Å². The van der Waals surface area contributed by atoms with Crippen LogP contribution in [0.2, 0.25) is 0 Å². The molecule has 0 amide bonds. The molecule has 0 spiro atoms. The van der Waals surface area contributed by atoms with E-state index in [9.17, 15) is 4.79 Å². The minimum absolute atomic E-state index is 0.0363. The zero-order chi connectivity index (χ0) is 13.4. The molecule has 1 fully saturated rings. The van der Waals surface area contributed by atoms with Gasteiger partial charge in [-0.05, 0) is 60.2 Å². The predicted molar refractivity (Wildman–Crippen MR) is 74.4 cm³/mol. The summed E-state index contributed by atoms with van der Waals surface area (Å²) >= 11 is 4.82. The Morgan fingerprint density at radius 2 is 2.26 bits per heavy atom. The minimum atomic E-state index is 0.0363. The molecule has 1 aromatic heterocycles. The Hall–Kier alpha value is -1.21. The molecule has 0 radical (unpaired) electrons. The maximum absolute atomic E-state index is 11.7. The van der Waals surface area contributed by atoms with E-state index in [2.05, 4.69) is 31.5 Å². The highest BCUT2D eigenvalue weighted by atomic mass is 79.9. The largest absolute Gasteiger partial charge is 0.294 e. The maximum Gasteiger partial charge on any atom is 0.214 e. The quantitative estimate of drug-likeness (QED) is 0.801. The number of nitrogens with zero attached hydrogens (tertiary/aromatic N) is 4. The number of carbonyl (C=O) groups is 1. The molecule has 1 aliphatic carbocycles. The van der Waals surface area contributed by atoms with Gasteiger partial charge >= 0.3 is 0 Å². The number of rotatable bonds is 4. The molecule has 0 bridgehead atoms. The number of hydrogen-bond acceptors (Lipinski definition) is 5. The fourth-order valence-corrected chi connectivity index (χ4v) is 3.13. The zero-order valence-corrected chi connectivity index (χ0v) is 12.6. The van der Waals surface area contributed by atoms with Gasteiger partial charge in [0.25, 0.3) is 0 Å². The molecule has 0 saturated heterocycles. The molecule has 0 N–H and O–H groups in total. The lowest BCUT2D eigenvalue weighted by Gasteiger charge is -2.07. The highest BCUT2D eigenvalue weighted by molar-refractivity contribution is 9.10. The van der Waals surface area contributed by atoms with Gasteiger partial charge in [0, 0.05) is 14.9 Å². The van der Waals surface area contributed by atoms with Gasteiger partial charge in [0.2, 0.25) is 5.16 Å². The van der Waals surface area contributed by atoms with E-state index in [0.717, 1.165) is 27.4 Å². The lowest BCUT2D eigenvalue weighted by atomic mass is 10.1. The fraction of sp³-hybridized carbons (Fsp3) is 0.333. The van der Waals surface area contributed by atoms with E-state index in [1.807, 2.05) is 22.9 Å². The Kier molecular flexibility index (Phi) is 3.40. The molecule has 19 heavy (non-hydrogen) atoms. The molecule has 0 unspecified atom stereocenters. The van der Waals surface area contributed by atoms with E-state index in [0.29, 0.717) is 11.6 Å². The SMILES string of the molecule is CC(=O)c1cc(Br)ccc1Sc1nnnn1C1CC1. The monoisotopic (exact) mass is 338 g/mol. The van der Waals surface area contributed by atoms with Gasteiger partial charge in [0.05, 0.1) is 6.04 Å². The van der Waals surface area contributed by atoms with Crippen molar-refractivity contribution >= 4 is 33.5 Å². The second-order valence-corrected chi connectivity index (χ2v) is 6.36. The third-order valence-corrected chi connectivity index (χ3v) is 4.40. The number of aromatic nitrogens is 4. The molecule has 0 aliphatic heterocycles. The van der Waals surface area contributed by atoms with E-state index in [4.69, 9.17) is 0 Å². The van der Waals surface area contributed by atoms with Crippen LogP contribution in [0, 0.1) is 0 Å². The Balaban J connectivity index is 1.94. The van der Waals surface area contributed by atoms with Crippen molar-refractivity contribution < 1.29 is 4.79 Å². The normalized spacial score (nSPS) is 14.6. The van der Waals surface area contributed by atoms with Gasteiger partial charge < -0.3 is 0 Å². The lowest BCUT2D eigenvalue weighted by molar-refractivity contribution is 0.101. The number of carbonyl (C=O) groups excluding carboxylic acids is 1. The number of halogens is 1. The molecular formula is C12H11BrN4OS. The number of Topliss-reactive ketones (excluding diaryl/α,β-unsaturated/α-hetero) is 1. The topological polar surface area (TPSA) is 60.7 Å². The summed E-state index contributed by atoms with van der Waals surface area (Å²) in [6.45, 7) is 1.57. The van der Waals surface area contributed by atoms with Crippen LogP contribution in [-0.2, 0) is 0 Å². The van der Waals surface area contributed by atoms with Crippen LogP contribution >= 0.6 is 27.7 Å². The third kappa shape index (κ3) is 2.71. The van der Waals surface area contributed by atoms with Crippen molar-refractivity contribution in [3.05, 3.63) is 28.2 Å². The first-order valence-electron chi connectivity index (χ1n) is 5.91. The van der Waals surface area contributed by atoms with Gasteiger partial charge in [-0.3, -0.25) is 4.79 Å². The lowest BCUT2D eigenvalue weighted by Crippen LogP contribution is -2.00. The minimum Gasteiger partial charge on any atom is -0.294 e. The average Bonchev–Trinajstić information content (AvgIpc) is 3.12. The molecule has 2 aromatic rings. The van der Waals surface area contributed by atoms with Crippen LogP contribution < -0.4 is 0 Å². The summed E-state index contributed by atoms with van der Waals surface area (Å²) in [5.74, 6) is 0.0363. The van der Waals surface area contributed by atoms with Gasteiger partial charge in [-0.1, -0.05) is 15.9 Å². The molecule has 3 rings (SSSR count). The first-order chi connectivity index (χ1) is 9.15. The van der Waals surface area contributed by atoms with Crippen LogP contribution in [0.3, 0.4) is 0 Å². The summed E-state index contributed by atoms with van der Waals surface area (Å²) in [7, 11) is 0. The number of tetrazole rings is 1. The van der Waals surface area contributed by atoms with Crippen LogP contribution in [-0.4, -0.2) is 26.0 Å². The average molecular weight is 339 g/mol. The maximum atomic E-state index is 11.7. The van der Waals surface area contributed by atoms with E-state index < -0.39 is 0 Å². The highest BCUT2D eigenvalue weighted by Crippen LogP contribution is 2.38. The first kappa shape index (κ1) is 12.8. The van der Waals surface area contributed by atoms with Gasteiger partial charge in [-0.15, -0.1) is 5.10 Å². The smallest absolute Gasteiger partial charge is 0.214 e. The third-order valence-electron chi connectivity index (χ3n) is 2.88. The standard InChI is InChI=1S/C12H11BrN4OS/c1-7(18)10-6-8(13)2-5-11(10)19-12-14-15-16-17(12)9-3-4-9/h2,5-6,9H,3-4H2,1H3. The van der Waals surface area contributed by atoms with Crippen LogP contribution in [0.5, 0.6) is 0 Å². The van der Waals surface area contributed by atoms with Crippen LogP contribution in [0.25, 0.3) is 0 Å². The molecular weight excluding hydrogens is 328 g/mol. The summed E-state index contributed by atoms with van der Waals surface area (Å²) in [5, 5.41) is 12.5. The molecule has 1 aliphatic rings. The van der Waals surface area contributed by atoms with E-state index >= 15 is 0 Å². The molecule has 5 nitrogen and oxygen atoms in total. The molecule has 98 valence electrons. The van der Waals surface area contributed by atoms with Crippen LogP contribution in [0.4, 0.5) is 0 Å². The van der Waals surface area contributed by atoms with Crippen LogP contribution in [0.1, 0.15) is 36.2 Å². The molecule has 1 heterocycles. The van der Waals surface area contributed by atoms with Gasteiger partial charge in [-0.25, -0.2) is 4.68 Å². The molecule has 1 saturated carbocycles. The predicted octanol–water partition coefficient (Wildman–Crippen LogP) is 3.12. The van der Waals surface area contributed by atoms with Crippen molar-refractivity contribution in [2.75, 3.05) is 0 Å². The van der Waals surface area contributed by atoms with Gasteiger partial charge in [0.1, 0.15) is 0 Å². The number of benzene rings is 1. The Labute approximate surface area is 122 Å².